The smallest absolute Gasteiger partial charge is 0.135 e. The van der Waals surface area contributed by atoms with Crippen LogP contribution in [0.4, 0.5) is 21.7 Å². The van der Waals surface area contributed by atoms with E-state index >= 15 is 0 Å². The molecule has 0 fully saturated rings. The molecule has 1 aromatic heterocycles. The Hall–Kier alpha value is -2.95. The molecule has 0 aliphatic rings. The topological polar surface area (TPSA) is 49.8 Å². The average Bonchev–Trinajstić information content (AvgIpc) is 2.62. The van der Waals surface area contributed by atoms with Crippen LogP contribution in [0.3, 0.4) is 0 Å². The van der Waals surface area contributed by atoms with Crippen LogP contribution >= 0.6 is 0 Å². The van der Waals surface area contributed by atoms with Crippen molar-refractivity contribution in [2.24, 2.45) is 0 Å². The van der Waals surface area contributed by atoms with E-state index in [1.807, 2.05) is 18.2 Å². The van der Waals surface area contributed by atoms with E-state index in [1.165, 1.54) is 18.0 Å². The minimum Gasteiger partial charge on any atom is -0.366 e. The SMILES string of the molecule is CC(C)c1ccc(Nc2cc(NCc3ccccc3F)ncn2)cc1. The summed E-state index contributed by atoms with van der Waals surface area (Å²) < 4.78 is 13.7. The van der Waals surface area contributed by atoms with Crippen LogP contribution in [0.1, 0.15) is 30.9 Å². The van der Waals surface area contributed by atoms with Gasteiger partial charge in [-0.3, -0.25) is 0 Å². The predicted molar refractivity (Wildman–Crippen MR) is 99.6 cm³/mol. The predicted octanol–water partition coefficient (Wildman–Crippen LogP) is 5.09. The lowest BCUT2D eigenvalue weighted by Crippen LogP contribution is -2.04. The molecule has 0 saturated carbocycles. The minimum absolute atomic E-state index is 0.229. The molecule has 2 N–H and O–H groups in total. The molecule has 0 radical (unpaired) electrons. The third-order valence-electron chi connectivity index (χ3n) is 3.93. The van der Waals surface area contributed by atoms with E-state index in [2.05, 4.69) is 46.6 Å². The Kier molecular flexibility index (Phi) is 5.23. The summed E-state index contributed by atoms with van der Waals surface area (Å²) in [5, 5.41) is 6.38. The second kappa shape index (κ2) is 7.75. The first-order valence-corrected chi connectivity index (χ1v) is 8.28. The maximum atomic E-state index is 13.7. The third kappa shape index (κ3) is 4.53. The van der Waals surface area contributed by atoms with Crippen molar-refractivity contribution < 1.29 is 4.39 Å². The van der Waals surface area contributed by atoms with Gasteiger partial charge < -0.3 is 10.6 Å². The fourth-order valence-electron chi connectivity index (χ4n) is 2.45. The molecule has 128 valence electrons. The van der Waals surface area contributed by atoms with E-state index in [0.717, 1.165) is 5.69 Å². The lowest BCUT2D eigenvalue weighted by Gasteiger charge is -2.10. The highest BCUT2D eigenvalue weighted by atomic mass is 19.1. The summed E-state index contributed by atoms with van der Waals surface area (Å²) in [6, 6.07) is 16.8. The second-order valence-corrected chi connectivity index (χ2v) is 6.14. The number of hydrogen-bond acceptors (Lipinski definition) is 4. The molecule has 3 aromatic rings. The summed E-state index contributed by atoms with van der Waals surface area (Å²) in [4.78, 5) is 8.41. The van der Waals surface area contributed by atoms with Crippen molar-refractivity contribution in [3.8, 4) is 0 Å². The van der Waals surface area contributed by atoms with Crippen molar-refractivity contribution in [1.29, 1.82) is 0 Å². The standard InChI is InChI=1S/C20H21FN4/c1-14(2)15-7-9-17(10-8-15)25-20-11-19(23-13-24-20)22-12-16-5-3-4-6-18(16)21/h3-11,13-14H,12H2,1-2H3,(H2,22,23,24,25). The molecular formula is C20H21FN4. The molecule has 0 spiro atoms. The molecule has 0 aliphatic carbocycles. The Bertz CT molecular complexity index is 831. The molecule has 2 aromatic carbocycles. The van der Waals surface area contributed by atoms with Crippen LogP contribution in [0.2, 0.25) is 0 Å². The zero-order valence-corrected chi connectivity index (χ0v) is 14.3. The Morgan fingerprint density at radius 1 is 0.960 bits per heavy atom. The van der Waals surface area contributed by atoms with Crippen LogP contribution in [0, 0.1) is 5.82 Å². The summed E-state index contributed by atoms with van der Waals surface area (Å²) in [7, 11) is 0. The van der Waals surface area contributed by atoms with E-state index in [4.69, 9.17) is 0 Å². The van der Waals surface area contributed by atoms with Crippen LogP contribution in [0.25, 0.3) is 0 Å². The Morgan fingerprint density at radius 3 is 2.40 bits per heavy atom. The molecule has 25 heavy (non-hydrogen) atoms. The van der Waals surface area contributed by atoms with Gasteiger partial charge in [0.05, 0.1) is 0 Å². The van der Waals surface area contributed by atoms with Crippen LogP contribution in [0.5, 0.6) is 0 Å². The molecular weight excluding hydrogens is 315 g/mol. The lowest BCUT2D eigenvalue weighted by molar-refractivity contribution is 0.613. The summed E-state index contributed by atoms with van der Waals surface area (Å²) >= 11 is 0. The normalized spacial score (nSPS) is 10.7. The first-order valence-electron chi connectivity index (χ1n) is 8.28. The van der Waals surface area contributed by atoms with Crippen LogP contribution < -0.4 is 10.6 Å². The molecule has 0 bridgehead atoms. The van der Waals surface area contributed by atoms with Gasteiger partial charge in [0.2, 0.25) is 0 Å². The quantitative estimate of drug-likeness (QED) is 0.658. The van der Waals surface area contributed by atoms with Gasteiger partial charge in [0.25, 0.3) is 0 Å². The number of nitrogens with zero attached hydrogens (tertiary/aromatic N) is 2. The molecule has 5 heteroatoms. The molecule has 0 atom stereocenters. The van der Waals surface area contributed by atoms with Gasteiger partial charge in [-0.15, -0.1) is 0 Å². The molecule has 0 saturated heterocycles. The van der Waals surface area contributed by atoms with Gasteiger partial charge in [0.15, 0.2) is 0 Å². The number of aromatic nitrogens is 2. The van der Waals surface area contributed by atoms with E-state index in [1.54, 1.807) is 18.2 Å². The highest BCUT2D eigenvalue weighted by molar-refractivity contribution is 5.59. The van der Waals surface area contributed by atoms with Gasteiger partial charge in [0.1, 0.15) is 23.8 Å². The number of benzene rings is 2. The Morgan fingerprint density at radius 2 is 1.68 bits per heavy atom. The zero-order chi connectivity index (χ0) is 17.6. The molecule has 0 aliphatic heterocycles. The Labute approximate surface area is 147 Å². The van der Waals surface area contributed by atoms with Crippen LogP contribution in [0.15, 0.2) is 60.9 Å². The number of anilines is 3. The van der Waals surface area contributed by atoms with E-state index in [0.29, 0.717) is 29.7 Å². The van der Waals surface area contributed by atoms with Gasteiger partial charge in [-0.1, -0.05) is 44.2 Å². The monoisotopic (exact) mass is 336 g/mol. The molecule has 1 heterocycles. The molecule has 4 nitrogen and oxygen atoms in total. The largest absolute Gasteiger partial charge is 0.366 e. The number of rotatable bonds is 6. The highest BCUT2D eigenvalue weighted by Gasteiger charge is 2.04. The number of halogens is 1. The minimum atomic E-state index is -0.229. The first-order chi connectivity index (χ1) is 12.1. The maximum Gasteiger partial charge on any atom is 0.135 e. The second-order valence-electron chi connectivity index (χ2n) is 6.14. The summed E-state index contributed by atoms with van der Waals surface area (Å²) in [6.07, 6.45) is 1.48. The maximum absolute atomic E-state index is 13.7. The van der Waals surface area contributed by atoms with Gasteiger partial charge in [-0.2, -0.15) is 0 Å². The van der Waals surface area contributed by atoms with Crippen LogP contribution in [-0.2, 0) is 6.54 Å². The van der Waals surface area contributed by atoms with E-state index in [9.17, 15) is 4.39 Å². The van der Waals surface area contributed by atoms with Crippen molar-refractivity contribution in [1.82, 2.24) is 9.97 Å². The van der Waals surface area contributed by atoms with Gasteiger partial charge in [-0.25, -0.2) is 14.4 Å². The summed E-state index contributed by atoms with van der Waals surface area (Å²) in [5.41, 5.74) is 2.85. The number of hydrogen-bond donors (Lipinski definition) is 2. The average molecular weight is 336 g/mol. The van der Waals surface area contributed by atoms with Crippen molar-refractivity contribution in [3.63, 3.8) is 0 Å². The van der Waals surface area contributed by atoms with Crippen molar-refractivity contribution in [2.75, 3.05) is 10.6 Å². The van der Waals surface area contributed by atoms with Crippen molar-refractivity contribution in [3.05, 3.63) is 77.9 Å². The molecule has 0 unspecified atom stereocenters. The summed E-state index contributed by atoms with van der Waals surface area (Å²) in [6.45, 7) is 4.70. The zero-order valence-electron chi connectivity index (χ0n) is 14.3. The first kappa shape index (κ1) is 16.9. The van der Waals surface area contributed by atoms with Gasteiger partial charge >= 0.3 is 0 Å². The molecule has 0 amide bonds. The van der Waals surface area contributed by atoms with Gasteiger partial charge in [-0.05, 0) is 29.7 Å². The van der Waals surface area contributed by atoms with Crippen molar-refractivity contribution in [2.45, 2.75) is 26.3 Å². The third-order valence-corrected chi connectivity index (χ3v) is 3.93. The fourth-order valence-corrected chi connectivity index (χ4v) is 2.45. The Balaban J connectivity index is 1.66. The fraction of sp³-hybridized carbons (Fsp3) is 0.200. The highest BCUT2D eigenvalue weighted by Crippen LogP contribution is 2.20. The van der Waals surface area contributed by atoms with Gasteiger partial charge in [0, 0.05) is 23.9 Å². The van der Waals surface area contributed by atoms with E-state index < -0.39 is 0 Å². The lowest BCUT2D eigenvalue weighted by atomic mass is 10.0. The van der Waals surface area contributed by atoms with Crippen LogP contribution in [-0.4, -0.2) is 9.97 Å². The molecule has 3 rings (SSSR count). The number of nitrogens with one attached hydrogen (secondary N) is 2. The van der Waals surface area contributed by atoms with E-state index in [-0.39, 0.29) is 5.82 Å². The summed E-state index contributed by atoms with van der Waals surface area (Å²) in [5.74, 6) is 1.60. The van der Waals surface area contributed by atoms with Crippen molar-refractivity contribution >= 4 is 17.3 Å².